The standard InChI is InChI=1S/C16H25NO/c1-5-7-14(17-6-2)12-8-9-15-13(10-12)16(3,4)11-18-15/h8-10,14,17H,5-7,11H2,1-4H3. The van der Waals surface area contributed by atoms with E-state index in [1.165, 1.54) is 24.0 Å². The maximum atomic E-state index is 5.75. The third-order valence-corrected chi connectivity index (χ3v) is 3.75. The van der Waals surface area contributed by atoms with Gasteiger partial charge in [0.1, 0.15) is 5.75 Å². The summed E-state index contributed by atoms with van der Waals surface area (Å²) in [6.45, 7) is 10.7. The number of hydrogen-bond acceptors (Lipinski definition) is 2. The largest absolute Gasteiger partial charge is 0.492 e. The van der Waals surface area contributed by atoms with Crippen LogP contribution in [-0.2, 0) is 5.41 Å². The molecule has 0 radical (unpaired) electrons. The molecular weight excluding hydrogens is 222 g/mol. The van der Waals surface area contributed by atoms with Gasteiger partial charge in [0.05, 0.1) is 6.61 Å². The van der Waals surface area contributed by atoms with Gasteiger partial charge >= 0.3 is 0 Å². The Balaban J connectivity index is 2.29. The zero-order valence-electron chi connectivity index (χ0n) is 12.0. The Bertz CT molecular complexity index is 406. The molecule has 2 nitrogen and oxygen atoms in total. The maximum Gasteiger partial charge on any atom is 0.123 e. The maximum absolute atomic E-state index is 5.75. The van der Waals surface area contributed by atoms with Gasteiger partial charge in [0.15, 0.2) is 0 Å². The number of rotatable bonds is 5. The van der Waals surface area contributed by atoms with E-state index in [-0.39, 0.29) is 5.41 Å². The van der Waals surface area contributed by atoms with Crippen LogP contribution in [-0.4, -0.2) is 13.2 Å². The molecule has 0 saturated heterocycles. The van der Waals surface area contributed by atoms with Crippen molar-refractivity contribution in [3.8, 4) is 5.75 Å². The quantitative estimate of drug-likeness (QED) is 0.854. The monoisotopic (exact) mass is 247 g/mol. The van der Waals surface area contributed by atoms with E-state index in [0.29, 0.717) is 6.04 Å². The van der Waals surface area contributed by atoms with Gasteiger partial charge in [0.2, 0.25) is 0 Å². The Morgan fingerprint density at radius 1 is 1.33 bits per heavy atom. The molecule has 0 aromatic heterocycles. The van der Waals surface area contributed by atoms with Gasteiger partial charge in [-0.15, -0.1) is 0 Å². The summed E-state index contributed by atoms with van der Waals surface area (Å²) < 4.78 is 5.75. The third-order valence-electron chi connectivity index (χ3n) is 3.75. The second kappa shape index (κ2) is 5.31. The van der Waals surface area contributed by atoms with E-state index in [1.54, 1.807) is 0 Å². The minimum absolute atomic E-state index is 0.147. The molecule has 2 heteroatoms. The Morgan fingerprint density at radius 3 is 2.78 bits per heavy atom. The van der Waals surface area contributed by atoms with Crippen molar-refractivity contribution in [2.45, 2.75) is 52.0 Å². The first-order valence-corrected chi connectivity index (χ1v) is 7.09. The molecule has 0 aliphatic carbocycles. The summed E-state index contributed by atoms with van der Waals surface area (Å²) in [4.78, 5) is 0. The fraction of sp³-hybridized carbons (Fsp3) is 0.625. The van der Waals surface area contributed by atoms with Gasteiger partial charge in [0, 0.05) is 17.0 Å². The fourth-order valence-electron chi connectivity index (χ4n) is 2.68. The smallest absolute Gasteiger partial charge is 0.123 e. The second-order valence-corrected chi connectivity index (χ2v) is 5.83. The summed E-state index contributed by atoms with van der Waals surface area (Å²) in [6, 6.07) is 7.16. The third kappa shape index (κ3) is 2.54. The summed E-state index contributed by atoms with van der Waals surface area (Å²) in [5.41, 5.74) is 2.91. The van der Waals surface area contributed by atoms with Crippen molar-refractivity contribution in [2.24, 2.45) is 0 Å². The van der Waals surface area contributed by atoms with Crippen LogP contribution in [0.15, 0.2) is 18.2 Å². The van der Waals surface area contributed by atoms with Crippen LogP contribution in [0.4, 0.5) is 0 Å². The van der Waals surface area contributed by atoms with E-state index in [0.717, 1.165) is 18.9 Å². The van der Waals surface area contributed by atoms with E-state index < -0.39 is 0 Å². The molecule has 1 aromatic carbocycles. The number of benzene rings is 1. The van der Waals surface area contributed by atoms with Crippen LogP contribution in [0.2, 0.25) is 0 Å². The minimum Gasteiger partial charge on any atom is -0.492 e. The first kappa shape index (κ1) is 13.4. The van der Waals surface area contributed by atoms with Crippen molar-refractivity contribution in [1.82, 2.24) is 5.32 Å². The number of nitrogens with one attached hydrogen (secondary N) is 1. The molecule has 0 fully saturated rings. The zero-order valence-corrected chi connectivity index (χ0v) is 12.0. The van der Waals surface area contributed by atoms with Crippen LogP contribution in [0, 0.1) is 0 Å². The Labute approximate surface area is 111 Å². The van der Waals surface area contributed by atoms with Gasteiger partial charge in [-0.1, -0.05) is 40.2 Å². The summed E-state index contributed by atoms with van der Waals surface area (Å²) in [5.74, 6) is 1.07. The highest BCUT2D eigenvalue weighted by atomic mass is 16.5. The molecule has 0 saturated carbocycles. The lowest BCUT2D eigenvalue weighted by atomic mass is 9.85. The fourth-order valence-corrected chi connectivity index (χ4v) is 2.68. The summed E-state index contributed by atoms with van der Waals surface area (Å²) >= 11 is 0. The predicted molar refractivity (Wildman–Crippen MR) is 76.3 cm³/mol. The van der Waals surface area contributed by atoms with Crippen LogP contribution in [0.5, 0.6) is 5.75 Å². The van der Waals surface area contributed by atoms with Gasteiger partial charge in [-0.2, -0.15) is 0 Å². The van der Waals surface area contributed by atoms with Crippen LogP contribution >= 0.6 is 0 Å². The zero-order chi connectivity index (χ0) is 13.2. The summed E-state index contributed by atoms with van der Waals surface area (Å²) in [6.07, 6.45) is 2.39. The van der Waals surface area contributed by atoms with Crippen molar-refractivity contribution in [3.63, 3.8) is 0 Å². The molecule has 1 atom stereocenters. The topological polar surface area (TPSA) is 21.3 Å². The summed E-state index contributed by atoms with van der Waals surface area (Å²) in [5, 5.41) is 3.58. The average Bonchev–Trinajstić information content (AvgIpc) is 2.65. The van der Waals surface area contributed by atoms with Crippen molar-refractivity contribution >= 4 is 0 Å². The lowest BCUT2D eigenvalue weighted by Crippen LogP contribution is -2.22. The van der Waals surface area contributed by atoms with E-state index in [4.69, 9.17) is 4.74 Å². The van der Waals surface area contributed by atoms with Gasteiger partial charge in [-0.3, -0.25) is 0 Å². The highest BCUT2D eigenvalue weighted by Gasteiger charge is 2.32. The molecule has 1 aliphatic rings. The Kier molecular flexibility index (Phi) is 3.96. The van der Waals surface area contributed by atoms with Gasteiger partial charge in [-0.25, -0.2) is 0 Å². The van der Waals surface area contributed by atoms with Crippen molar-refractivity contribution in [1.29, 1.82) is 0 Å². The molecule has 18 heavy (non-hydrogen) atoms. The number of hydrogen-bond donors (Lipinski definition) is 1. The van der Waals surface area contributed by atoms with Gasteiger partial charge < -0.3 is 10.1 Å². The van der Waals surface area contributed by atoms with Crippen LogP contribution in [0.25, 0.3) is 0 Å². The van der Waals surface area contributed by atoms with Crippen molar-refractivity contribution in [3.05, 3.63) is 29.3 Å². The molecular formula is C16H25NO. The number of fused-ring (bicyclic) bond motifs is 1. The van der Waals surface area contributed by atoms with E-state index in [9.17, 15) is 0 Å². The SMILES string of the molecule is CCCC(NCC)c1ccc2c(c1)C(C)(C)CO2. The second-order valence-electron chi connectivity index (χ2n) is 5.83. The number of ether oxygens (including phenoxy) is 1. The van der Waals surface area contributed by atoms with Gasteiger partial charge in [-0.05, 0) is 30.7 Å². The van der Waals surface area contributed by atoms with Crippen LogP contribution in [0.3, 0.4) is 0 Å². The molecule has 0 amide bonds. The molecule has 1 heterocycles. The average molecular weight is 247 g/mol. The molecule has 0 bridgehead atoms. The highest BCUT2D eigenvalue weighted by molar-refractivity contribution is 5.45. The van der Waals surface area contributed by atoms with E-state index >= 15 is 0 Å². The molecule has 2 rings (SSSR count). The first-order chi connectivity index (χ1) is 8.58. The van der Waals surface area contributed by atoms with E-state index in [1.807, 2.05) is 0 Å². The van der Waals surface area contributed by atoms with Crippen molar-refractivity contribution < 1.29 is 4.74 Å². The lowest BCUT2D eigenvalue weighted by Gasteiger charge is -2.21. The normalized spacial score (nSPS) is 18.2. The van der Waals surface area contributed by atoms with Crippen LogP contribution in [0.1, 0.15) is 57.7 Å². The van der Waals surface area contributed by atoms with Gasteiger partial charge in [0.25, 0.3) is 0 Å². The molecule has 100 valence electrons. The van der Waals surface area contributed by atoms with Crippen molar-refractivity contribution in [2.75, 3.05) is 13.2 Å². The van der Waals surface area contributed by atoms with Crippen LogP contribution < -0.4 is 10.1 Å². The summed E-state index contributed by atoms with van der Waals surface area (Å²) in [7, 11) is 0. The Hall–Kier alpha value is -1.02. The molecule has 1 aliphatic heterocycles. The molecule has 1 unspecified atom stereocenters. The molecule has 1 N–H and O–H groups in total. The van der Waals surface area contributed by atoms with E-state index in [2.05, 4.69) is 51.2 Å². The lowest BCUT2D eigenvalue weighted by molar-refractivity contribution is 0.291. The Morgan fingerprint density at radius 2 is 2.11 bits per heavy atom. The first-order valence-electron chi connectivity index (χ1n) is 7.09. The highest BCUT2D eigenvalue weighted by Crippen LogP contribution is 2.39. The molecule has 0 spiro atoms. The molecule has 1 aromatic rings. The minimum atomic E-state index is 0.147. The predicted octanol–water partition coefficient (Wildman–Crippen LogP) is 3.81.